The zero-order valence-corrected chi connectivity index (χ0v) is 16.2. The smallest absolute Gasteiger partial charge is 0.418 e. The summed E-state index contributed by atoms with van der Waals surface area (Å²) in [6.45, 7) is -0.667. The summed E-state index contributed by atoms with van der Waals surface area (Å²) in [4.78, 5) is 24.0. The van der Waals surface area contributed by atoms with Crippen LogP contribution in [0, 0.1) is 5.82 Å². The third-order valence-corrected chi connectivity index (χ3v) is 4.15. The molecule has 1 aromatic heterocycles. The van der Waals surface area contributed by atoms with Crippen LogP contribution >= 0.6 is 11.6 Å². The normalized spacial score (nSPS) is 11.1. The third-order valence-electron chi connectivity index (χ3n) is 3.85. The minimum atomic E-state index is -4.82. The molecule has 1 heterocycles. The molecule has 0 aliphatic rings. The number of furan rings is 1. The molecule has 0 bridgehead atoms. The minimum Gasteiger partial charge on any atom is -0.482 e. The van der Waals surface area contributed by atoms with E-state index < -0.39 is 41.7 Å². The number of alkyl halides is 3. The lowest BCUT2D eigenvalue weighted by atomic mass is 10.1. The van der Waals surface area contributed by atoms with Crippen LogP contribution < -0.4 is 15.4 Å². The average molecular weight is 457 g/mol. The molecular weight excluding hydrogens is 444 g/mol. The van der Waals surface area contributed by atoms with Crippen molar-refractivity contribution in [1.82, 2.24) is 0 Å². The van der Waals surface area contributed by atoms with E-state index in [0.717, 1.165) is 18.2 Å². The van der Waals surface area contributed by atoms with E-state index in [1.54, 1.807) is 0 Å². The van der Waals surface area contributed by atoms with Gasteiger partial charge in [-0.2, -0.15) is 13.2 Å². The minimum absolute atomic E-state index is 0.00903. The SMILES string of the molecule is O=C(COc1ccc(F)cc1Cl)Nc1ccc(NC(=O)c2ccco2)cc1C(F)(F)F. The van der Waals surface area contributed by atoms with Crippen LogP contribution in [-0.4, -0.2) is 18.4 Å². The number of amides is 2. The van der Waals surface area contributed by atoms with Crippen molar-refractivity contribution >= 4 is 34.8 Å². The van der Waals surface area contributed by atoms with Crippen molar-refractivity contribution in [3.8, 4) is 5.75 Å². The van der Waals surface area contributed by atoms with Gasteiger partial charge < -0.3 is 19.8 Å². The van der Waals surface area contributed by atoms with Gasteiger partial charge in [0.05, 0.1) is 22.5 Å². The maximum Gasteiger partial charge on any atom is 0.418 e. The summed E-state index contributed by atoms with van der Waals surface area (Å²) in [5.74, 6) is -2.35. The van der Waals surface area contributed by atoms with E-state index in [9.17, 15) is 27.2 Å². The Labute approximate surface area is 177 Å². The highest BCUT2D eigenvalue weighted by atomic mass is 35.5. The van der Waals surface area contributed by atoms with Crippen LogP contribution in [0.25, 0.3) is 0 Å². The summed E-state index contributed by atoms with van der Waals surface area (Å²) in [6, 6.07) is 8.85. The van der Waals surface area contributed by atoms with Gasteiger partial charge in [-0.25, -0.2) is 4.39 Å². The molecule has 6 nitrogen and oxygen atoms in total. The summed E-state index contributed by atoms with van der Waals surface area (Å²) in [6.07, 6.45) is -3.58. The molecule has 0 fully saturated rings. The molecule has 0 radical (unpaired) electrons. The van der Waals surface area contributed by atoms with E-state index in [2.05, 4.69) is 10.6 Å². The average Bonchev–Trinajstić information content (AvgIpc) is 3.22. The highest BCUT2D eigenvalue weighted by Crippen LogP contribution is 2.36. The van der Waals surface area contributed by atoms with Gasteiger partial charge in [0, 0.05) is 5.69 Å². The van der Waals surface area contributed by atoms with Crippen LogP contribution in [0.3, 0.4) is 0 Å². The van der Waals surface area contributed by atoms with E-state index in [0.29, 0.717) is 6.07 Å². The van der Waals surface area contributed by atoms with E-state index in [-0.39, 0.29) is 22.2 Å². The Morgan fingerprint density at radius 2 is 1.84 bits per heavy atom. The van der Waals surface area contributed by atoms with Crippen molar-refractivity contribution in [2.24, 2.45) is 0 Å². The number of hydrogen-bond donors (Lipinski definition) is 2. The van der Waals surface area contributed by atoms with E-state index in [4.69, 9.17) is 20.8 Å². The molecule has 2 amide bonds. The van der Waals surface area contributed by atoms with Gasteiger partial charge in [-0.15, -0.1) is 0 Å². The first kappa shape index (κ1) is 22.2. The van der Waals surface area contributed by atoms with Crippen LogP contribution in [0.5, 0.6) is 5.75 Å². The van der Waals surface area contributed by atoms with E-state index in [1.807, 2.05) is 0 Å². The molecular formula is C20H13ClF4N2O4. The van der Waals surface area contributed by atoms with Crippen LogP contribution in [0.15, 0.2) is 59.2 Å². The molecule has 0 aliphatic heterocycles. The maximum absolute atomic E-state index is 13.5. The molecule has 0 unspecified atom stereocenters. The predicted molar refractivity (Wildman–Crippen MR) is 104 cm³/mol. The van der Waals surface area contributed by atoms with Crippen LogP contribution in [0.2, 0.25) is 5.02 Å². The molecule has 3 rings (SSSR count). The number of rotatable bonds is 6. The first-order chi connectivity index (χ1) is 14.6. The number of halogens is 5. The lowest BCUT2D eigenvalue weighted by molar-refractivity contribution is -0.137. The maximum atomic E-state index is 13.5. The first-order valence-corrected chi connectivity index (χ1v) is 8.95. The van der Waals surface area contributed by atoms with E-state index in [1.165, 1.54) is 30.5 Å². The lowest BCUT2D eigenvalue weighted by Gasteiger charge is -2.16. The highest BCUT2D eigenvalue weighted by Gasteiger charge is 2.34. The zero-order valence-electron chi connectivity index (χ0n) is 15.4. The molecule has 0 atom stereocenters. The van der Waals surface area contributed by atoms with Crippen molar-refractivity contribution in [2.75, 3.05) is 17.2 Å². The summed E-state index contributed by atoms with van der Waals surface area (Å²) in [5, 5.41) is 4.28. The zero-order chi connectivity index (χ0) is 22.6. The number of carbonyl (C=O) groups excluding carboxylic acids is 2. The molecule has 0 aliphatic carbocycles. The van der Waals surface area contributed by atoms with Gasteiger partial charge in [0.15, 0.2) is 12.4 Å². The summed E-state index contributed by atoms with van der Waals surface area (Å²) >= 11 is 5.77. The van der Waals surface area contributed by atoms with Gasteiger partial charge in [0.1, 0.15) is 11.6 Å². The van der Waals surface area contributed by atoms with Gasteiger partial charge in [-0.3, -0.25) is 9.59 Å². The second kappa shape index (κ2) is 9.09. The molecule has 162 valence electrons. The number of nitrogens with one attached hydrogen (secondary N) is 2. The van der Waals surface area contributed by atoms with Gasteiger partial charge in [-0.1, -0.05) is 11.6 Å². The molecule has 3 aromatic rings. The Morgan fingerprint density at radius 1 is 1.06 bits per heavy atom. The van der Waals surface area contributed by atoms with Gasteiger partial charge in [0.2, 0.25) is 0 Å². The van der Waals surface area contributed by atoms with Gasteiger partial charge >= 0.3 is 6.18 Å². The number of hydrogen-bond acceptors (Lipinski definition) is 4. The Kier molecular flexibility index (Phi) is 6.50. The topological polar surface area (TPSA) is 80.6 Å². The second-order valence-electron chi connectivity index (χ2n) is 6.10. The Hall–Kier alpha value is -3.53. The highest BCUT2D eigenvalue weighted by molar-refractivity contribution is 6.32. The predicted octanol–water partition coefficient (Wildman–Crippen LogP) is 5.36. The van der Waals surface area contributed by atoms with Crippen LogP contribution in [0.4, 0.5) is 28.9 Å². The Balaban J connectivity index is 1.72. The van der Waals surface area contributed by atoms with Crippen molar-refractivity contribution in [2.45, 2.75) is 6.18 Å². The van der Waals surface area contributed by atoms with Crippen molar-refractivity contribution in [3.05, 3.63) is 77.0 Å². The largest absolute Gasteiger partial charge is 0.482 e. The summed E-state index contributed by atoms with van der Waals surface area (Å²) in [7, 11) is 0. The summed E-state index contributed by atoms with van der Waals surface area (Å²) in [5.41, 5.74) is -1.87. The molecule has 11 heteroatoms. The monoisotopic (exact) mass is 456 g/mol. The Morgan fingerprint density at radius 3 is 2.48 bits per heavy atom. The fourth-order valence-electron chi connectivity index (χ4n) is 2.49. The van der Waals surface area contributed by atoms with Crippen molar-refractivity contribution in [3.63, 3.8) is 0 Å². The quantitative estimate of drug-likeness (QED) is 0.489. The van der Waals surface area contributed by atoms with Crippen molar-refractivity contribution in [1.29, 1.82) is 0 Å². The van der Waals surface area contributed by atoms with Gasteiger partial charge in [-0.05, 0) is 48.5 Å². The fourth-order valence-corrected chi connectivity index (χ4v) is 2.71. The first-order valence-electron chi connectivity index (χ1n) is 8.57. The number of carbonyl (C=O) groups is 2. The molecule has 2 aromatic carbocycles. The molecule has 0 saturated carbocycles. The van der Waals surface area contributed by atoms with Crippen molar-refractivity contribution < 1.29 is 36.3 Å². The van der Waals surface area contributed by atoms with E-state index >= 15 is 0 Å². The number of ether oxygens (including phenoxy) is 1. The molecule has 2 N–H and O–H groups in total. The standard InChI is InChI=1S/C20H13ClF4N2O4/c21-14-8-11(22)3-6-16(14)31-10-18(28)27-15-5-4-12(9-13(15)20(23,24)25)26-19(29)17-2-1-7-30-17/h1-9H,10H2,(H,26,29)(H,27,28). The summed E-state index contributed by atoms with van der Waals surface area (Å²) < 4.78 is 63.4. The molecule has 31 heavy (non-hydrogen) atoms. The lowest BCUT2D eigenvalue weighted by Crippen LogP contribution is -2.22. The Bertz CT molecular complexity index is 1100. The number of benzene rings is 2. The number of anilines is 2. The van der Waals surface area contributed by atoms with Crippen LogP contribution in [-0.2, 0) is 11.0 Å². The third kappa shape index (κ3) is 5.76. The van der Waals surface area contributed by atoms with Gasteiger partial charge in [0.25, 0.3) is 11.8 Å². The fraction of sp³-hybridized carbons (Fsp3) is 0.100. The molecule has 0 saturated heterocycles. The van der Waals surface area contributed by atoms with Crippen LogP contribution in [0.1, 0.15) is 16.1 Å². The second-order valence-corrected chi connectivity index (χ2v) is 6.51. The molecule has 0 spiro atoms.